The molecule has 0 N–H and O–H groups in total. The highest BCUT2D eigenvalue weighted by atomic mass is 16.5. The summed E-state index contributed by atoms with van der Waals surface area (Å²) in [7, 11) is 0. The van der Waals surface area contributed by atoms with Crippen molar-refractivity contribution in [2.45, 2.75) is 97.4 Å². The van der Waals surface area contributed by atoms with Crippen LogP contribution in [0.2, 0.25) is 0 Å². The Bertz CT molecular complexity index is 2370. The van der Waals surface area contributed by atoms with Gasteiger partial charge >= 0.3 is 0 Å². The molecule has 7 rings (SSSR count). The zero-order valence-electron chi connectivity index (χ0n) is 34.4. The second-order valence-corrected chi connectivity index (χ2v) is 16.3. The number of fused-ring (bicyclic) bond motifs is 2. The van der Waals surface area contributed by atoms with Gasteiger partial charge in [0.15, 0.2) is 0 Å². The maximum absolute atomic E-state index is 13.7. The second kappa shape index (κ2) is 14.8. The third kappa shape index (κ3) is 6.83. The summed E-state index contributed by atoms with van der Waals surface area (Å²) in [6.07, 6.45) is 3.46. The van der Waals surface area contributed by atoms with Gasteiger partial charge in [-0.2, -0.15) is 0 Å². The standard InChI is InChI=1S/C50H52N2O5/c1-10-49(8,11-2)35-14-20-36(21-15-35)51-32(5)41-28-26-39(30-43(41)45(51)53)56-37-22-16-33(17-23-37)48(6,7)34-18-24-38(25-19-34)57-40-27-29-42-44(31-40)47(55)52(46(42)54)50(9,12-3)13-4/h14-31H,5,10-13H2,1-4,6-9H3. The molecule has 292 valence electrons. The monoisotopic (exact) mass is 760 g/mol. The first-order chi connectivity index (χ1) is 27.2. The highest BCUT2D eigenvalue weighted by Gasteiger charge is 2.45. The fourth-order valence-electron chi connectivity index (χ4n) is 7.98. The molecular formula is C50H52N2O5. The Balaban J connectivity index is 1.01. The number of hydrogen-bond acceptors (Lipinski definition) is 5. The van der Waals surface area contributed by atoms with Crippen molar-refractivity contribution in [1.29, 1.82) is 0 Å². The van der Waals surface area contributed by atoms with Crippen molar-refractivity contribution < 1.29 is 23.9 Å². The second-order valence-electron chi connectivity index (χ2n) is 16.3. The van der Waals surface area contributed by atoms with Gasteiger partial charge in [-0.15, -0.1) is 0 Å². The van der Waals surface area contributed by atoms with Crippen LogP contribution < -0.4 is 14.4 Å². The predicted octanol–water partition coefficient (Wildman–Crippen LogP) is 12.5. The summed E-state index contributed by atoms with van der Waals surface area (Å²) in [4.78, 5) is 43.3. The van der Waals surface area contributed by atoms with E-state index in [4.69, 9.17) is 9.47 Å². The lowest BCUT2D eigenvalue weighted by atomic mass is 9.78. The van der Waals surface area contributed by atoms with E-state index in [0.29, 0.717) is 58.2 Å². The Hall–Kier alpha value is -5.95. The number of anilines is 1. The molecule has 0 saturated heterocycles. The molecule has 57 heavy (non-hydrogen) atoms. The van der Waals surface area contributed by atoms with Crippen LogP contribution in [-0.4, -0.2) is 28.2 Å². The van der Waals surface area contributed by atoms with E-state index in [9.17, 15) is 14.4 Å². The molecule has 0 fully saturated rings. The number of imide groups is 1. The van der Waals surface area contributed by atoms with Gasteiger partial charge in [0, 0.05) is 22.2 Å². The molecule has 0 aliphatic carbocycles. The minimum Gasteiger partial charge on any atom is -0.457 e. The SMILES string of the molecule is C=C1c2ccc(Oc3ccc(C(C)(C)c4ccc(Oc5ccc6c(c5)C(=O)N(C(C)(CC)CC)C6=O)cc4)cc3)cc2C(=O)N1c1ccc(C(C)(CC)CC)cc1. The fourth-order valence-corrected chi connectivity index (χ4v) is 7.98. The van der Waals surface area contributed by atoms with Crippen LogP contribution in [-0.2, 0) is 10.8 Å². The molecule has 0 radical (unpaired) electrons. The Morgan fingerprint density at radius 3 is 1.39 bits per heavy atom. The van der Waals surface area contributed by atoms with Gasteiger partial charge < -0.3 is 9.47 Å². The van der Waals surface area contributed by atoms with Crippen LogP contribution in [0.5, 0.6) is 23.0 Å². The molecular weight excluding hydrogens is 709 g/mol. The number of carbonyl (C=O) groups is 3. The number of benzene rings is 5. The number of nitrogens with zero attached hydrogens (tertiary/aromatic N) is 2. The number of amides is 3. The summed E-state index contributed by atoms with van der Waals surface area (Å²) >= 11 is 0. The first-order valence-corrected chi connectivity index (χ1v) is 20.1. The Labute approximate surface area is 336 Å². The van der Waals surface area contributed by atoms with Crippen LogP contribution in [0.3, 0.4) is 0 Å². The van der Waals surface area contributed by atoms with Crippen molar-refractivity contribution in [3.05, 3.63) is 155 Å². The summed E-state index contributed by atoms with van der Waals surface area (Å²) < 4.78 is 12.4. The lowest BCUT2D eigenvalue weighted by Crippen LogP contribution is -2.48. The van der Waals surface area contributed by atoms with Gasteiger partial charge in [-0.25, -0.2) is 0 Å². The van der Waals surface area contributed by atoms with E-state index < -0.39 is 5.54 Å². The van der Waals surface area contributed by atoms with Crippen molar-refractivity contribution in [3.8, 4) is 23.0 Å². The zero-order chi connectivity index (χ0) is 40.9. The van der Waals surface area contributed by atoms with Crippen molar-refractivity contribution in [3.63, 3.8) is 0 Å². The lowest BCUT2D eigenvalue weighted by Gasteiger charge is -2.35. The summed E-state index contributed by atoms with van der Waals surface area (Å²) in [6.45, 7) is 21.2. The molecule has 2 aliphatic heterocycles. The third-order valence-electron chi connectivity index (χ3n) is 12.9. The molecule has 2 aliphatic rings. The number of rotatable bonds is 13. The highest BCUT2D eigenvalue weighted by molar-refractivity contribution is 6.23. The molecule has 7 nitrogen and oxygen atoms in total. The minimum absolute atomic E-state index is 0.101. The average molecular weight is 761 g/mol. The summed E-state index contributed by atoms with van der Waals surface area (Å²) in [5.74, 6) is 1.73. The van der Waals surface area contributed by atoms with E-state index >= 15 is 0 Å². The minimum atomic E-state index is -0.535. The number of ether oxygens (including phenoxy) is 2. The molecule has 5 aromatic carbocycles. The summed E-state index contributed by atoms with van der Waals surface area (Å²) in [6, 6.07) is 34.9. The quantitative estimate of drug-likeness (QED) is 0.112. The fraction of sp³-hybridized carbons (Fsp3) is 0.300. The maximum Gasteiger partial charge on any atom is 0.263 e. The molecule has 0 atom stereocenters. The van der Waals surface area contributed by atoms with Crippen molar-refractivity contribution in [1.82, 2.24) is 4.90 Å². The first-order valence-electron chi connectivity index (χ1n) is 20.1. The van der Waals surface area contributed by atoms with Crippen molar-refractivity contribution in [2.24, 2.45) is 0 Å². The van der Waals surface area contributed by atoms with E-state index in [0.717, 1.165) is 35.2 Å². The first kappa shape index (κ1) is 39.3. The van der Waals surface area contributed by atoms with Crippen molar-refractivity contribution in [2.75, 3.05) is 4.90 Å². The lowest BCUT2D eigenvalue weighted by molar-refractivity contribution is 0.0434. The van der Waals surface area contributed by atoms with Crippen molar-refractivity contribution >= 4 is 29.1 Å². The Kier molecular flexibility index (Phi) is 10.2. The topological polar surface area (TPSA) is 76.1 Å². The Morgan fingerprint density at radius 2 is 0.912 bits per heavy atom. The largest absolute Gasteiger partial charge is 0.457 e. The van der Waals surface area contributed by atoms with Crippen LogP contribution in [0, 0.1) is 0 Å². The van der Waals surface area contributed by atoms with Gasteiger partial charge in [-0.1, -0.05) is 91.4 Å². The number of carbonyl (C=O) groups excluding carboxylic acids is 3. The maximum atomic E-state index is 13.7. The van der Waals surface area contributed by atoms with Crippen LogP contribution >= 0.6 is 0 Å². The average Bonchev–Trinajstić information content (AvgIpc) is 3.63. The van der Waals surface area contributed by atoms with Crippen LogP contribution in [0.4, 0.5) is 5.69 Å². The normalized spacial score (nSPS) is 14.3. The van der Waals surface area contributed by atoms with E-state index in [2.05, 4.69) is 65.5 Å². The van der Waals surface area contributed by atoms with Crippen LogP contribution in [0.1, 0.15) is 134 Å². The highest BCUT2D eigenvalue weighted by Crippen LogP contribution is 2.41. The molecule has 0 bridgehead atoms. The van der Waals surface area contributed by atoms with Gasteiger partial charge in [0.1, 0.15) is 23.0 Å². The molecule has 7 heteroatoms. The van der Waals surface area contributed by atoms with Gasteiger partial charge in [0.2, 0.25) is 0 Å². The smallest absolute Gasteiger partial charge is 0.263 e. The van der Waals surface area contributed by atoms with E-state index in [-0.39, 0.29) is 28.6 Å². The molecule has 0 unspecified atom stereocenters. The predicted molar refractivity (Wildman–Crippen MR) is 228 cm³/mol. The molecule has 0 spiro atoms. The molecule has 2 heterocycles. The number of hydrogen-bond donors (Lipinski definition) is 0. The van der Waals surface area contributed by atoms with Gasteiger partial charge in [0.05, 0.1) is 22.4 Å². The molecule has 0 aromatic heterocycles. The molecule has 5 aromatic rings. The molecule has 3 amide bonds. The van der Waals surface area contributed by atoms with E-state index in [1.54, 1.807) is 29.2 Å². The van der Waals surface area contributed by atoms with Gasteiger partial charge in [0.25, 0.3) is 17.7 Å². The summed E-state index contributed by atoms with van der Waals surface area (Å²) in [5.41, 5.74) is 6.31. The zero-order valence-corrected chi connectivity index (χ0v) is 34.4. The van der Waals surface area contributed by atoms with Crippen LogP contribution in [0.15, 0.2) is 116 Å². The third-order valence-corrected chi connectivity index (χ3v) is 12.9. The van der Waals surface area contributed by atoms with E-state index in [1.807, 2.05) is 81.4 Å². The Morgan fingerprint density at radius 1 is 0.491 bits per heavy atom. The van der Waals surface area contributed by atoms with Gasteiger partial charge in [-0.3, -0.25) is 24.2 Å². The van der Waals surface area contributed by atoms with Crippen LogP contribution in [0.25, 0.3) is 5.70 Å². The summed E-state index contributed by atoms with van der Waals surface area (Å²) in [5, 5.41) is 0. The van der Waals surface area contributed by atoms with Gasteiger partial charge in [-0.05, 0) is 128 Å². The van der Waals surface area contributed by atoms with E-state index in [1.165, 1.54) is 10.5 Å². The molecule has 0 saturated carbocycles.